The molecule has 2 aliphatic rings. The van der Waals surface area contributed by atoms with Gasteiger partial charge in [0.25, 0.3) is 0 Å². The van der Waals surface area contributed by atoms with E-state index < -0.39 is 0 Å². The second-order valence-corrected chi connectivity index (χ2v) is 6.98. The Kier molecular flexibility index (Phi) is 1.57. The van der Waals surface area contributed by atoms with Crippen LogP contribution in [0.15, 0.2) is 0 Å². The van der Waals surface area contributed by atoms with Gasteiger partial charge >= 0.3 is 0 Å². The Balaban J connectivity index is 2.44. The van der Waals surface area contributed by atoms with Gasteiger partial charge in [-0.25, -0.2) is 0 Å². The van der Waals surface area contributed by atoms with E-state index in [2.05, 4.69) is 36.7 Å². The van der Waals surface area contributed by atoms with E-state index >= 15 is 0 Å². The van der Waals surface area contributed by atoms with Crippen molar-refractivity contribution in [3.05, 3.63) is 0 Å². The minimum absolute atomic E-state index is 0.0330. The number of hydrogen-bond acceptors (Lipinski definition) is 1. The maximum atomic E-state index is 10.1. The fourth-order valence-electron chi connectivity index (χ4n) is 3.07. The van der Waals surface area contributed by atoms with Crippen molar-refractivity contribution < 1.29 is 5.11 Å². The highest BCUT2D eigenvalue weighted by Crippen LogP contribution is 2.68. The van der Waals surface area contributed by atoms with Crippen molar-refractivity contribution in [1.82, 2.24) is 0 Å². The zero-order valence-corrected chi connectivity index (χ0v) is 9.61. The zero-order valence-electron chi connectivity index (χ0n) is 8.02. The molecule has 2 fully saturated rings. The van der Waals surface area contributed by atoms with Gasteiger partial charge in [0.2, 0.25) is 0 Å². The topological polar surface area (TPSA) is 20.2 Å². The third-order valence-electron chi connectivity index (χ3n) is 4.51. The van der Waals surface area contributed by atoms with Gasteiger partial charge in [0, 0.05) is 0 Å². The van der Waals surface area contributed by atoms with E-state index in [0.29, 0.717) is 5.41 Å². The lowest BCUT2D eigenvalue weighted by Crippen LogP contribution is -2.45. The standard InChI is InChI=1S/C10H17BrO/c1-8(2)7(12)10(11)5-4-9(8,3)6-10/h7,12H,4-6H2,1-3H3/t7-,9-,10+/m1/s1. The molecule has 3 atom stereocenters. The summed E-state index contributed by atoms with van der Waals surface area (Å²) in [5, 5.41) is 10.1. The molecular weight excluding hydrogens is 216 g/mol. The summed E-state index contributed by atoms with van der Waals surface area (Å²) in [6.07, 6.45) is 3.34. The second kappa shape index (κ2) is 2.09. The first-order valence-electron chi connectivity index (χ1n) is 4.69. The minimum Gasteiger partial charge on any atom is -0.391 e. The Bertz CT molecular complexity index is 223. The van der Waals surface area contributed by atoms with Crippen LogP contribution >= 0.6 is 15.9 Å². The summed E-state index contributed by atoms with van der Waals surface area (Å²) >= 11 is 3.71. The molecule has 0 aromatic heterocycles. The molecule has 0 aromatic rings. The quantitative estimate of drug-likeness (QED) is 0.638. The van der Waals surface area contributed by atoms with Gasteiger partial charge in [-0.15, -0.1) is 0 Å². The van der Waals surface area contributed by atoms with Crippen molar-refractivity contribution in [1.29, 1.82) is 0 Å². The number of hydrogen-bond donors (Lipinski definition) is 1. The highest BCUT2D eigenvalue weighted by atomic mass is 79.9. The molecule has 0 radical (unpaired) electrons. The molecule has 2 rings (SSSR count). The predicted molar refractivity (Wildman–Crippen MR) is 53.4 cm³/mol. The number of aliphatic hydroxyl groups is 1. The van der Waals surface area contributed by atoms with Crippen LogP contribution in [0.3, 0.4) is 0 Å². The molecule has 0 spiro atoms. The van der Waals surface area contributed by atoms with Crippen LogP contribution in [0.25, 0.3) is 0 Å². The summed E-state index contributed by atoms with van der Waals surface area (Å²) in [5.41, 5.74) is 0.421. The fraction of sp³-hybridized carbons (Fsp3) is 1.00. The van der Waals surface area contributed by atoms with Gasteiger partial charge in [-0.05, 0) is 30.1 Å². The monoisotopic (exact) mass is 232 g/mol. The van der Waals surface area contributed by atoms with E-state index in [1.165, 1.54) is 6.42 Å². The van der Waals surface area contributed by atoms with Crippen LogP contribution in [-0.4, -0.2) is 15.5 Å². The van der Waals surface area contributed by atoms with Gasteiger partial charge in [0.1, 0.15) is 0 Å². The molecule has 0 aromatic carbocycles. The van der Waals surface area contributed by atoms with Crippen molar-refractivity contribution in [2.24, 2.45) is 10.8 Å². The van der Waals surface area contributed by atoms with E-state index in [4.69, 9.17) is 0 Å². The van der Waals surface area contributed by atoms with E-state index in [-0.39, 0.29) is 15.8 Å². The van der Waals surface area contributed by atoms with E-state index in [0.717, 1.165) is 12.8 Å². The van der Waals surface area contributed by atoms with Crippen LogP contribution in [0, 0.1) is 10.8 Å². The molecular formula is C10H17BrO. The molecule has 2 heteroatoms. The summed E-state index contributed by atoms with van der Waals surface area (Å²) in [7, 11) is 0. The van der Waals surface area contributed by atoms with E-state index in [9.17, 15) is 5.11 Å². The lowest BCUT2D eigenvalue weighted by Gasteiger charge is -2.43. The first-order chi connectivity index (χ1) is 5.32. The highest BCUT2D eigenvalue weighted by molar-refractivity contribution is 9.10. The molecule has 1 nitrogen and oxygen atoms in total. The SMILES string of the molecule is CC1(C)[C@@H](O)[C@]2(Br)CC[C@]1(C)C2. The third-order valence-corrected chi connectivity index (χ3v) is 5.62. The number of aliphatic hydroxyl groups excluding tert-OH is 1. The summed E-state index contributed by atoms with van der Waals surface area (Å²) in [6.45, 7) is 6.70. The summed E-state index contributed by atoms with van der Waals surface area (Å²) in [4.78, 5) is 0. The average molecular weight is 233 g/mol. The Hall–Kier alpha value is 0.440. The number of alkyl halides is 1. The molecule has 1 N–H and O–H groups in total. The van der Waals surface area contributed by atoms with Gasteiger partial charge in [-0.3, -0.25) is 0 Å². The van der Waals surface area contributed by atoms with Gasteiger partial charge in [0.15, 0.2) is 0 Å². The first-order valence-corrected chi connectivity index (χ1v) is 5.48. The van der Waals surface area contributed by atoms with Crippen LogP contribution in [0.4, 0.5) is 0 Å². The number of rotatable bonds is 0. The van der Waals surface area contributed by atoms with E-state index in [1.807, 2.05) is 0 Å². The second-order valence-electron chi connectivity index (χ2n) is 5.40. The van der Waals surface area contributed by atoms with Gasteiger partial charge in [-0.2, -0.15) is 0 Å². The van der Waals surface area contributed by atoms with Crippen LogP contribution in [-0.2, 0) is 0 Å². The van der Waals surface area contributed by atoms with Crippen LogP contribution in [0.5, 0.6) is 0 Å². The molecule has 12 heavy (non-hydrogen) atoms. The summed E-state index contributed by atoms with van der Waals surface area (Å²) < 4.78 is 0.0330. The summed E-state index contributed by atoms with van der Waals surface area (Å²) in [5.74, 6) is 0. The Morgan fingerprint density at radius 1 is 1.25 bits per heavy atom. The Labute approximate surface area is 82.7 Å². The molecule has 2 bridgehead atoms. The molecule has 0 aliphatic heterocycles. The maximum Gasteiger partial charge on any atom is 0.0749 e. The van der Waals surface area contributed by atoms with Crippen molar-refractivity contribution >= 4 is 15.9 Å². The lowest BCUT2D eigenvalue weighted by molar-refractivity contribution is -0.0218. The maximum absolute atomic E-state index is 10.1. The molecule has 0 amide bonds. The molecule has 2 aliphatic carbocycles. The van der Waals surface area contributed by atoms with E-state index in [1.54, 1.807) is 0 Å². The fourth-order valence-corrected chi connectivity index (χ4v) is 4.46. The largest absolute Gasteiger partial charge is 0.391 e. The van der Waals surface area contributed by atoms with Gasteiger partial charge in [-0.1, -0.05) is 36.7 Å². The van der Waals surface area contributed by atoms with Gasteiger partial charge < -0.3 is 5.11 Å². The van der Waals surface area contributed by atoms with Crippen molar-refractivity contribution in [3.63, 3.8) is 0 Å². The third kappa shape index (κ3) is 0.784. The molecule has 0 heterocycles. The first kappa shape index (κ1) is 9.01. The van der Waals surface area contributed by atoms with Crippen LogP contribution in [0.1, 0.15) is 40.0 Å². The Morgan fingerprint density at radius 2 is 1.83 bits per heavy atom. The van der Waals surface area contributed by atoms with Crippen molar-refractivity contribution in [2.75, 3.05) is 0 Å². The smallest absolute Gasteiger partial charge is 0.0749 e. The average Bonchev–Trinajstić information content (AvgIpc) is 2.32. The van der Waals surface area contributed by atoms with Crippen molar-refractivity contribution in [3.8, 4) is 0 Å². The Morgan fingerprint density at radius 3 is 2.08 bits per heavy atom. The van der Waals surface area contributed by atoms with Crippen LogP contribution in [0.2, 0.25) is 0 Å². The molecule has 0 saturated heterocycles. The molecule has 0 unspecified atom stereocenters. The number of fused-ring (bicyclic) bond motifs is 2. The highest BCUT2D eigenvalue weighted by Gasteiger charge is 2.66. The minimum atomic E-state index is -0.177. The predicted octanol–water partition coefficient (Wildman–Crippen LogP) is 2.71. The van der Waals surface area contributed by atoms with Gasteiger partial charge in [0.05, 0.1) is 10.4 Å². The molecule has 2 saturated carbocycles. The van der Waals surface area contributed by atoms with Crippen LogP contribution < -0.4 is 0 Å². The summed E-state index contributed by atoms with van der Waals surface area (Å²) in [6, 6.07) is 0. The zero-order chi connectivity index (χ0) is 9.20. The molecule has 70 valence electrons. The number of halogens is 1. The van der Waals surface area contributed by atoms with Crippen molar-refractivity contribution in [2.45, 2.75) is 50.5 Å². The lowest BCUT2D eigenvalue weighted by atomic mass is 9.65. The normalized spacial score (nSPS) is 56.2.